The molecule has 0 radical (unpaired) electrons. The summed E-state index contributed by atoms with van der Waals surface area (Å²) in [4.78, 5) is 14.0. The number of carbonyl (C=O) groups excluding carboxylic acids is 1. The molecule has 2 atom stereocenters. The van der Waals surface area contributed by atoms with Gasteiger partial charge in [-0.05, 0) is 60.9 Å². The molecule has 0 N–H and O–H groups in total. The van der Waals surface area contributed by atoms with E-state index in [4.69, 9.17) is 5.10 Å². The molecule has 4 aromatic carbocycles. The van der Waals surface area contributed by atoms with Gasteiger partial charge < -0.3 is 0 Å². The van der Waals surface area contributed by atoms with Gasteiger partial charge in [-0.25, -0.2) is 0 Å². The molecule has 2 heterocycles. The summed E-state index contributed by atoms with van der Waals surface area (Å²) < 4.78 is 30.7. The zero-order valence-electron chi connectivity index (χ0n) is 22.2. The summed E-state index contributed by atoms with van der Waals surface area (Å²) in [5.41, 5.74) is 7.31. The number of aryl methyl sites for hydroxylation is 1. The summed E-state index contributed by atoms with van der Waals surface area (Å²) in [5, 5.41) is 7.27. The molecule has 1 saturated heterocycles. The molecule has 0 saturated carbocycles. The normalized spacial score (nSPS) is 20.9. The summed E-state index contributed by atoms with van der Waals surface area (Å²) >= 11 is 1.12. The molecule has 1 aliphatic carbocycles. The summed E-state index contributed by atoms with van der Waals surface area (Å²) in [6, 6.07) is 32.6. The molecule has 2 aliphatic heterocycles. The molecule has 7 rings (SSSR count). The maximum atomic E-state index is 13.3. The number of carbonyl (C=O) groups is 1. The van der Waals surface area contributed by atoms with Gasteiger partial charge in [-0.3, -0.25) is 14.7 Å². The third-order valence-electron chi connectivity index (χ3n) is 7.74. The summed E-state index contributed by atoms with van der Waals surface area (Å²) in [7, 11) is -4.05. The molecule has 1 amide bonds. The second-order valence-corrected chi connectivity index (χ2v) is 12.9. The third-order valence-corrected chi connectivity index (χ3v) is 10.1. The van der Waals surface area contributed by atoms with Crippen LogP contribution in [0.1, 0.15) is 28.3 Å². The molecule has 1 fully saturated rings. The highest BCUT2D eigenvalue weighted by Gasteiger charge is 2.44. The fourth-order valence-electron chi connectivity index (χ4n) is 5.76. The molecule has 0 spiro atoms. The van der Waals surface area contributed by atoms with Crippen LogP contribution in [-0.2, 0) is 21.2 Å². The number of hydrogen-bond acceptors (Lipinski definition) is 6. The number of rotatable bonds is 5. The molecule has 3 aliphatic rings. The number of hydrazone groups is 1. The second kappa shape index (κ2) is 10.0. The number of nitrogens with zero attached hydrogens (tertiary/aromatic N) is 4. The minimum absolute atomic E-state index is 0.0129. The van der Waals surface area contributed by atoms with Crippen molar-refractivity contribution < 1.29 is 13.2 Å². The maximum Gasteiger partial charge on any atom is 0.284 e. The molecule has 0 bridgehead atoms. The Morgan fingerprint density at radius 1 is 0.854 bits per heavy atom. The zero-order valence-corrected chi connectivity index (χ0v) is 23.8. The highest BCUT2D eigenvalue weighted by Crippen LogP contribution is 2.46. The zero-order chi connectivity index (χ0) is 28.1. The number of benzene rings is 4. The van der Waals surface area contributed by atoms with Crippen molar-refractivity contribution in [3.63, 3.8) is 0 Å². The highest BCUT2D eigenvalue weighted by atomic mass is 32.2. The second-order valence-electron chi connectivity index (χ2n) is 10.3. The monoisotopic (exact) mass is 578 g/mol. The molecule has 204 valence electrons. The summed E-state index contributed by atoms with van der Waals surface area (Å²) in [5.74, 6) is 0.140. The minimum Gasteiger partial charge on any atom is -0.273 e. The number of anilines is 2. The van der Waals surface area contributed by atoms with Crippen LogP contribution in [0.4, 0.5) is 11.4 Å². The average Bonchev–Trinajstić information content (AvgIpc) is 3.65. The van der Waals surface area contributed by atoms with Crippen molar-refractivity contribution in [1.29, 1.82) is 0 Å². The first-order chi connectivity index (χ1) is 19.9. The predicted octanol–water partition coefficient (Wildman–Crippen LogP) is 5.96. The van der Waals surface area contributed by atoms with Crippen LogP contribution in [-0.4, -0.2) is 31.0 Å². The van der Waals surface area contributed by atoms with Gasteiger partial charge in [-0.1, -0.05) is 84.1 Å². The van der Waals surface area contributed by atoms with E-state index in [9.17, 15) is 13.2 Å². The van der Waals surface area contributed by atoms with Crippen molar-refractivity contribution in [3.8, 4) is 0 Å². The number of sulfonamides is 1. The average molecular weight is 579 g/mol. The van der Waals surface area contributed by atoms with E-state index in [-0.39, 0.29) is 33.7 Å². The Hall–Kier alpha value is -4.21. The number of thioether (sulfide) groups is 1. The molecule has 9 heteroatoms. The van der Waals surface area contributed by atoms with Crippen LogP contribution in [0.3, 0.4) is 0 Å². The lowest BCUT2D eigenvalue weighted by molar-refractivity contribution is -0.115. The van der Waals surface area contributed by atoms with Crippen molar-refractivity contribution in [2.75, 3.05) is 15.7 Å². The van der Waals surface area contributed by atoms with E-state index in [1.165, 1.54) is 27.2 Å². The molecular weight excluding hydrogens is 553 g/mol. The van der Waals surface area contributed by atoms with E-state index in [0.29, 0.717) is 5.69 Å². The van der Waals surface area contributed by atoms with Gasteiger partial charge in [0.05, 0.1) is 33.8 Å². The summed E-state index contributed by atoms with van der Waals surface area (Å²) in [6.45, 7) is 2.07. The number of fused-ring (bicyclic) bond motifs is 3. The van der Waals surface area contributed by atoms with Gasteiger partial charge in [-0.2, -0.15) is 13.5 Å². The van der Waals surface area contributed by atoms with Gasteiger partial charge in [0.25, 0.3) is 10.0 Å². The lowest BCUT2D eigenvalue weighted by atomic mass is 9.89. The van der Waals surface area contributed by atoms with Gasteiger partial charge in [0.2, 0.25) is 5.91 Å². The first kappa shape index (κ1) is 25.7. The van der Waals surface area contributed by atoms with E-state index in [1.54, 1.807) is 48.5 Å². The Morgan fingerprint density at radius 3 is 2.32 bits per heavy atom. The topological polar surface area (TPSA) is 82.4 Å². The van der Waals surface area contributed by atoms with Crippen LogP contribution in [0.2, 0.25) is 0 Å². The van der Waals surface area contributed by atoms with E-state index < -0.39 is 10.0 Å². The standard InChI is InChI=1S/C32H26N4O3S2/c1-21-11-13-22(14-12-21)31-28-19-23-7-5-6-10-27(23)30(28)33-36(31)25-15-17-26(18-16-25)41(38,39)34-32-35(29(37)20-40-32)24-8-3-2-4-9-24/h2-18,28,31H,19-20H2,1H3/b34-32-. The minimum atomic E-state index is -4.05. The van der Waals surface area contributed by atoms with E-state index in [2.05, 4.69) is 53.8 Å². The molecule has 2 unspecified atom stereocenters. The maximum absolute atomic E-state index is 13.3. The smallest absolute Gasteiger partial charge is 0.273 e. The quantitative estimate of drug-likeness (QED) is 0.292. The van der Waals surface area contributed by atoms with Crippen molar-refractivity contribution in [3.05, 3.63) is 125 Å². The fourth-order valence-corrected chi connectivity index (χ4v) is 7.86. The molecular formula is C32H26N4O3S2. The Kier molecular flexibility index (Phi) is 6.28. The third kappa shape index (κ3) is 4.55. The molecule has 7 nitrogen and oxygen atoms in total. The lowest BCUT2D eigenvalue weighted by Gasteiger charge is -2.28. The lowest BCUT2D eigenvalue weighted by Crippen LogP contribution is -2.29. The predicted molar refractivity (Wildman–Crippen MR) is 164 cm³/mol. The van der Waals surface area contributed by atoms with E-state index in [1.807, 2.05) is 17.1 Å². The summed E-state index contributed by atoms with van der Waals surface area (Å²) in [6.07, 6.45) is 0.905. The van der Waals surface area contributed by atoms with Gasteiger partial charge >= 0.3 is 0 Å². The first-order valence-electron chi connectivity index (χ1n) is 13.4. The number of para-hydroxylation sites is 1. The van der Waals surface area contributed by atoms with Crippen molar-refractivity contribution in [2.45, 2.75) is 24.3 Å². The SMILES string of the molecule is Cc1ccc(C2C3Cc4ccccc4C3=NN2c2ccc(S(=O)(=O)/N=C3\SCC(=O)N3c3ccccc3)cc2)cc1. The molecule has 41 heavy (non-hydrogen) atoms. The van der Waals surface area contributed by atoms with E-state index >= 15 is 0 Å². The number of amidine groups is 1. The Morgan fingerprint density at radius 2 is 1.56 bits per heavy atom. The highest BCUT2D eigenvalue weighted by molar-refractivity contribution is 8.16. The molecule has 4 aromatic rings. The largest absolute Gasteiger partial charge is 0.284 e. The van der Waals surface area contributed by atoms with Crippen LogP contribution in [0.15, 0.2) is 118 Å². The first-order valence-corrected chi connectivity index (χ1v) is 15.8. The van der Waals surface area contributed by atoms with Gasteiger partial charge in [-0.15, -0.1) is 4.40 Å². The van der Waals surface area contributed by atoms with Crippen LogP contribution >= 0.6 is 11.8 Å². The van der Waals surface area contributed by atoms with E-state index in [0.717, 1.165) is 29.6 Å². The van der Waals surface area contributed by atoms with Crippen molar-refractivity contribution in [2.24, 2.45) is 15.4 Å². The Labute approximate surface area is 243 Å². The fraction of sp³-hybridized carbons (Fsp3) is 0.156. The number of amides is 1. The molecule has 0 aromatic heterocycles. The van der Waals surface area contributed by atoms with Gasteiger partial charge in [0.15, 0.2) is 5.17 Å². The van der Waals surface area contributed by atoms with Gasteiger partial charge in [0, 0.05) is 11.5 Å². The number of hydrogen-bond donors (Lipinski definition) is 0. The van der Waals surface area contributed by atoms with Crippen molar-refractivity contribution in [1.82, 2.24) is 0 Å². The van der Waals surface area contributed by atoms with Crippen LogP contribution in [0, 0.1) is 12.8 Å². The van der Waals surface area contributed by atoms with Crippen LogP contribution in [0.25, 0.3) is 0 Å². The Bertz CT molecular complexity index is 1820. The van der Waals surface area contributed by atoms with Gasteiger partial charge in [0.1, 0.15) is 0 Å². The van der Waals surface area contributed by atoms with Crippen LogP contribution < -0.4 is 9.91 Å². The Balaban J connectivity index is 1.22. The van der Waals surface area contributed by atoms with Crippen LogP contribution in [0.5, 0.6) is 0 Å². The van der Waals surface area contributed by atoms with Crippen molar-refractivity contribution >= 4 is 49.9 Å².